The van der Waals surface area contributed by atoms with Gasteiger partial charge in [-0.25, -0.2) is 4.98 Å². The lowest BCUT2D eigenvalue weighted by molar-refractivity contribution is 0.285. The summed E-state index contributed by atoms with van der Waals surface area (Å²) in [4.78, 5) is 22.4. The van der Waals surface area contributed by atoms with Crippen LogP contribution in [0.4, 0.5) is 5.95 Å². The molecule has 0 spiro atoms. The number of hydrogen-bond acceptors (Lipinski definition) is 8. The molecule has 1 aliphatic rings. The normalized spacial score (nSPS) is 15.8. The molecule has 9 heteroatoms. The largest absolute Gasteiger partial charge is 0.461 e. The van der Waals surface area contributed by atoms with Gasteiger partial charge in [0, 0.05) is 45.1 Å². The van der Waals surface area contributed by atoms with Crippen molar-refractivity contribution in [1.29, 1.82) is 0 Å². The highest BCUT2D eigenvalue weighted by atomic mass is 16.3. The number of hydrogen-bond donors (Lipinski definition) is 0. The first-order valence-corrected chi connectivity index (χ1v) is 9.35. The molecule has 4 aromatic heterocycles. The summed E-state index contributed by atoms with van der Waals surface area (Å²) in [6, 6.07) is 7.74. The zero-order valence-corrected chi connectivity index (χ0v) is 15.3. The number of furan rings is 1. The predicted molar refractivity (Wildman–Crippen MR) is 103 cm³/mol. The second kappa shape index (κ2) is 7.35. The van der Waals surface area contributed by atoms with Crippen molar-refractivity contribution < 1.29 is 4.42 Å². The summed E-state index contributed by atoms with van der Waals surface area (Å²) in [5.41, 5.74) is 1.24. The van der Waals surface area contributed by atoms with Gasteiger partial charge in [0.2, 0.25) is 11.8 Å². The zero-order chi connectivity index (χ0) is 18.8. The molecule has 0 radical (unpaired) electrons. The summed E-state index contributed by atoms with van der Waals surface area (Å²) < 4.78 is 6.94. The van der Waals surface area contributed by atoms with Crippen LogP contribution in [0.2, 0.25) is 0 Å². The van der Waals surface area contributed by atoms with Gasteiger partial charge in [0.1, 0.15) is 6.33 Å². The predicted octanol–water partition coefficient (Wildman–Crippen LogP) is 1.89. The molecule has 5 rings (SSSR count). The van der Waals surface area contributed by atoms with Gasteiger partial charge in [-0.05, 0) is 30.2 Å². The van der Waals surface area contributed by atoms with Crippen molar-refractivity contribution in [1.82, 2.24) is 34.4 Å². The maximum absolute atomic E-state index is 5.37. The number of anilines is 1. The third-order valence-electron chi connectivity index (χ3n) is 4.84. The molecular weight excluding hydrogens is 356 g/mol. The van der Waals surface area contributed by atoms with Crippen molar-refractivity contribution in [3.8, 4) is 11.6 Å². The summed E-state index contributed by atoms with van der Waals surface area (Å²) >= 11 is 0. The smallest absolute Gasteiger partial charge is 0.257 e. The van der Waals surface area contributed by atoms with Crippen molar-refractivity contribution in [3.63, 3.8) is 0 Å². The minimum Gasteiger partial charge on any atom is -0.461 e. The Balaban J connectivity index is 1.31. The molecule has 0 aromatic carbocycles. The first-order chi connectivity index (χ1) is 13.8. The number of aromatic nitrogens is 6. The molecule has 0 unspecified atom stereocenters. The standard InChI is InChI=1S/C19H20N8O/c1-4-15(12-20-6-1)13-25-7-3-8-26(10-9-25)18-21-14-27-19(23-18)22-17(24-27)16-5-2-11-28-16/h1-2,4-6,11-12,14H,3,7-10,13H2. The molecule has 9 nitrogen and oxygen atoms in total. The van der Waals surface area contributed by atoms with E-state index >= 15 is 0 Å². The van der Waals surface area contributed by atoms with E-state index in [9.17, 15) is 0 Å². The highest BCUT2D eigenvalue weighted by Crippen LogP contribution is 2.17. The molecule has 28 heavy (non-hydrogen) atoms. The Morgan fingerprint density at radius 3 is 2.89 bits per heavy atom. The van der Waals surface area contributed by atoms with Gasteiger partial charge in [-0.1, -0.05) is 6.07 Å². The van der Waals surface area contributed by atoms with Gasteiger partial charge in [0.15, 0.2) is 5.76 Å². The zero-order valence-electron chi connectivity index (χ0n) is 15.3. The second-order valence-corrected chi connectivity index (χ2v) is 6.79. The lowest BCUT2D eigenvalue weighted by Gasteiger charge is -2.21. The monoisotopic (exact) mass is 376 g/mol. The van der Waals surface area contributed by atoms with Gasteiger partial charge in [-0.3, -0.25) is 9.88 Å². The molecule has 5 heterocycles. The first-order valence-electron chi connectivity index (χ1n) is 9.35. The number of fused-ring (bicyclic) bond motifs is 1. The first kappa shape index (κ1) is 16.8. The molecule has 0 aliphatic carbocycles. The lowest BCUT2D eigenvalue weighted by atomic mass is 10.2. The Kier molecular flexibility index (Phi) is 4.42. The topological polar surface area (TPSA) is 88.5 Å². The van der Waals surface area contributed by atoms with E-state index in [1.54, 1.807) is 17.1 Å². The minimum atomic E-state index is 0.509. The SMILES string of the molecule is c1cncc(CN2CCCN(c3ncn4nc(-c5ccco5)nc4n3)CC2)c1. The van der Waals surface area contributed by atoms with E-state index in [1.807, 2.05) is 30.6 Å². The molecule has 4 aromatic rings. The van der Waals surface area contributed by atoms with Gasteiger partial charge in [-0.15, -0.1) is 5.10 Å². The Morgan fingerprint density at radius 1 is 1.04 bits per heavy atom. The van der Waals surface area contributed by atoms with Crippen LogP contribution in [0.3, 0.4) is 0 Å². The summed E-state index contributed by atoms with van der Waals surface area (Å²) in [5.74, 6) is 2.34. The van der Waals surface area contributed by atoms with Crippen LogP contribution in [0.15, 0.2) is 53.7 Å². The highest BCUT2D eigenvalue weighted by molar-refractivity contribution is 5.50. The van der Waals surface area contributed by atoms with Crippen molar-refractivity contribution in [2.45, 2.75) is 13.0 Å². The summed E-state index contributed by atoms with van der Waals surface area (Å²) in [7, 11) is 0. The fourth-order valence-electron chi connectivity index (χ4n) is 3.43. The quantitative estimate of drug-likeness (QED) is 0.533. The average Bonchev–Trinajstić information content (AvgIpc) is 3.34. The third kappa shape index (κ3) is 3.44. The molecule has 0 amide bonds. The fourth-order valence-corrected chi connectivity index (χ4v) is 3.43. The van der Waals surface area contributed by atoms with Gasteiger partial charge in [-0.2, -0.15) is 14.5 Å². The van der Waals surface area contributed by atoms with E-state index in [1.165, 1.54) is 5.56 Å². The van der Waals surface area contributed by atoms with Crippen molar-refractivity contribution in [3.05, 3.63) is 54.8 Å². The number of rotatable bonds is 4. The summed E-state index contributed by atoms with van der Waals surface area (Å²) in [6.45, 7) is 4.70. The van der Waals surface area contributed by atoms with Crippen molar-refractivity contribution >= 4 is 11.7 Å². The Hall–Kier alpha value is -3.33. The molecular formula is C19H20N8O. The van der Waals surface area contributed by atoms with Crippen LogP contribution in [0.25, 0.3) is 17.4 Å². The molecule has 1 aliphatic heterocycles. The Morgan fingerprint density at radius 2 is 2.04 bits per heavy atom. The van der Waals surface area contributed by atoms with E-state index < -0.39 is 0 Å². The Labute approximate surface area is 161 Å². The van der Waals surface area contributed by atoms with E-state index in [4.69, 9.17) is 4.42 Å². The van der Waals surface area contributed by atoms with E-state index in [0.717, 1.165) is 39.1 Å². The molecule has 0 saturated carbocycles. The van der Waals surface area contributed by atoms with Gasteiger partial charge < -0.3 is 9.32 Å². The third-order valence-corrected chi connectivity index (χ3v) is 4.84. The molecule has 1 saturated heterocycles. The number of pyridine rings is 1. The van der Waals surface area contributed by atoms with Crippen molar-refractivity contribution in [2.75, 3.05) is 31.1 Å². The Bertz CT molecular complexity index is 1050. The van der Waals surface area contributed by atoms with Gasteiger partial charge in [0.25, 0.3) is 5.78 Å². The maximum atomic E-state index is 5.37. The van der Waals surface area contributed by atoms with Gasteiger partial charge in [0.05, 0.1) is 6.26 Å². The lowest BCUT2D eigenvalue weighted by Crippen LogP contribution is -2.31. The van der Waals surface area contributed by atoms with E-state index in [0.29, 0.717) is 23.3 Å². The summed E-state index contributed by atoms with van der Waals surface area (Å²) in [6.07, 6.45) is 8.06. The van der Waals surface area contributed by atoms with Crippen molar-refractivity contribution in [2.24, 2.45) is 0 Å². The molecule has 0 atom stereocenters. The number of nitrogens with zero attached hydrogens (tertiary/aromatic N) is 8. The van der Waals surface area contributed by atoms with Crippen LogP contribution in [-0.2, 0) is 6.54 Å². The summed E-state index contributed by atoms with van der Waals surface area (Å²) in [5, 5.41) is 4.37. The van der Waals surface area contributed by atoms with Crippen LogP contribution in [0.1, 0.15) is 12.0 Å². The van der Waals surface area contributed by atoms with E-state index in [-0.39, 0.29) is 0 Å². The van der Waals surface area contributed by atoms with Crippen LogP contribution in [-0.4, -0.2) is 60.6 Å². The highest BCUT2D eigenvalue weighted by Gasteiger charge is 2.19. The average molecular weight is 376 g/mol. The van der Waals surface area contributed by atoms with Gasteiger partial charge >= 0.3 is 0 Å². The van der Waals surface area contributed by atoms with E-state index in [2.05, 4.69) is 40.9 Å². The fraction of sp³-hybridized carbons (Fsp3) is 0.316. The maximum Gasteiger partial charge on any atom is 0.257 e. The molecule has 0 bridgehead atoms. The van der Waals surface area contributed by atoms with Crippen LogP contribution >= 0.6 is 0 Å². The van der Waals surface area contributed by atoms with Crippen LogP contribution in [0.5, 0.6) is 0 Å². The van der Waals surface area contributed by atoms with Crippen LogP contribution in [0, 0.1) is 0 Å². The molecule has 0 N–H and O–H groups in total. The molecule has 142 valence electrons. The van der Waals surface area contributed by atoms with Crippen LogP contribution < -0.4 is 4.90 Å². The minimum absolute atomic E-state index is 0.509. The second-order valence-electron chi connectivity index (χ2n) is 6.79. The molecule has 1 fully saturated rings.